The first kappa shape index (κ1) is 20.6. The maximum atomic E-state index is 12.2. The van der Waals surface area contributed by atoms with E-state index in [1.165, 1.54) is 17.4 Å². The Kier molecular flexibility index (Phi) is 6.39. The van der Waals surface area contributed by atoms with Gasteiger partial charge in [0.15, 0.2) is 6.61 Å². The zero-order valence-corrected chi connectivity index (χ0v) is 14.6. The number of ether oxygens (including phenoxy) is 1. The Labute approximate surface area is 152 Å². The summed E-state index contributed by atoms with van der Waals surface area (Å²) >= 11 is 0. The number of carbonyl (C=O) groups excluding carboxylic acids is 2. The second-order valence-corrected chi connectivity index (χ2v) is 7.15. The molecule has 0 saturated carbocycles. The molecular weight excluding hydrogens is 389 g/mol. The molecule has 2 aromatic carbocycles. The summed E-state index contributed by atoms with van der Waals surface area (Å²) in [5.74, 6) is -2.26. The van der Waals surface area contributed by atoms with Crippen LogP contribution >= 0.6 is 0 Å². The molecular formula is C16H15F3N2O5S. The molecule has 1 amide bonds. The number of carbonyl (C=O) groups is 2. The summed E-state index contributed by atoms with van der Waals surface area (Å²) in [6, 6.07) is 11.5. The summed E-state index contributed by atoms with van der Waals surface area (Å²) in [5, 5.41) is 3.03. The molecule has 0 radical (unpaired) electrons. The van der Waals surface area contributed by atoms with Crippen molar-refractivity contribution in [2.45, 2.75) is 11.1 Å². The first-order valence-electron chi connectivity index (χ1n) is 7.54. The van der Waals surface area contributed by atoms with Gasteiger partial charge in [-0.2, -0.15) is 17.9 Å². The van der Waals surface area contributed by atoms with Crippen molar-refractivity contribution < 1.29 is 35.9 Å². The van der Waals surface area contributed by atoms with Gasteiger partial charge in [0.1, 0.15) is 13.1 Å². The van der Waals surface area contributed by atoms with Crippen molar-refractivity contribution in [3.8, 4) is 0 Å². The van der Waals surface area contributed by atoms with Crippen molar-refractivity contribution in [3.05, 3.63) is 42.5 Å². The molecule has 2 N–H and O–H groups in total. The molecule has 0 bridgehead atoms. The third kappa shape index (κ3) is 6.53. The number of sulfonamides is 1. The number of amides is 1. The zero-order chi connectivity index (χ0) is 20.1. The number of hydrogen-bond acceptors (Lipinski definition) is 5. The lowest BCUT2D eigenvalue weighted by Crippen LogP contribution is -2.37. The Balaban J connectivity index is 1.86. The Bertz CT molecular complexity index is 944. The average Bonchev–Trinajstić information content (AvgIpc) is 2.62. The third-order valence-electron chi connectivity index (χ3n) is 3.29. The fourth-order valence-corrected chi connectivity index (χ4v) is 3.02. The summed E-state index contributed by atoms with van der Waals surface area (Å²) in [6.07, 6.45) is -4.59. The van der Waals surface area contributed by atoms with Crippen molar-refractivity contribution in [1.29, 1.82) is 0 Å². The minimum Gasteiger partial charge on any atom is -0.455 e. The highest BCUT2D eigenvalue weighted by atomic mass is 32.2. The Morgan fingerprint density at radius 3 is 2.37 bits per heavy atom. The van der Waals surface area contributed by atoms with Crippen LogP contribution in [0.15, 0.2) is 47.4 Å². The van der Waals surface area contributed by atoms with Crippen LogP contribution in [0.3, 0.4) is 0 Å². The SMILES string of the molecule is O=C(COC(=O)CNS(=O)(=O)c1ccc2ccccc2c1)NCC(F)(F)F. The van der Waals surface area contributed by atoms with Gasteiger partial charge in [0.2, 0.25) is 10.0 Å². The predicted molar refractivity (Wildman–Crippen MR) is 89.2 cm³/mol. The molecule has 0 aliphatic carbocycles. The van der Waals surface area contributed by atoms with Gasteiger partial charge in [-0.25, -0.2) is 8.42 Å². The van der Waals surface area contributed by atoms with Crippen LogP contribution in [0.25, 0.3) is 10.8 Å². The summed E-state index contributed by atoms with van der Waals surface area (Å²) in [7, 11) is -4.02. The lowest BCUT2D eigenvalue weighted by atomic mass is 10.1. The van der Waals surface area contributed by atoms with Gasteiger partial charge in [-0.3, -0.25) is 9.59 Å². The van der Waals surface area contributed by atoms with Crippen LogP contribution in [0.2, 0.25) is 0 Å². The molecule has 2 rings (SSSR count). The van der Waals surface area contributed by atoms with Gasteiger partial charge in [0.05, 0.1) is 4.90 Å². The first-order valence-corrected chi connectivity index (χ1v) is 9.03. The molecule has 0 unspecified atom stereocenters. The molecule has 0 fully saturated rings. The van der Waals surface area contributed by atoms with Gasteiger partial charge in [0, 0.05) is 0 Å². The van der Waals surface area contributed by atoms with Crippen molar-refractivity contribution in [2.75, 3.05) is 19.7 Å². The van der Waals surface area contributed by atoms with Crippen LogP contribution in [0, 0.1) is 0 Å². The fourth-order valence-electron chi connectivity index (χ4n) is 2.02. The number of esters is 1. The van der Waals surface area contributed by atoms with Crippen molar-refractivity contribution in [3.63, 3.8) is 0 Å². The number of alkyl halides is 3. The van der Waals surface area contributed by atoms with E-state index in [-0.39, 0.29) is 4.90 Å². The van der Waals surface area contributed by atoms with Gasteiger partial charge in [-0.15, -0.1) is 0 Å². The highest BCUT2D eigenvalue weighted by molar-refractivity contribution is 7.89. The van der Waals surface area contributed by atoms with Crippen molar-refractivity contribution >= 4 is 32.7 Å². The van der Waals surface area contributed by atoms with E-state index in [1.54, 1.807) is 30.3 Å². The van der Waals surface area contributed by atoms with Gasteiger partial charge >= 0.3 is 12.1 Å². The summed E-state index contributed by atoms with van der Waals surface area (Å²) in [5.41, 5.74) is 0. The molecule has 0 aromatic heterocycles. The van der Waals surface area contributed by atoms with Crippen molar-refractivity contribution in [2.24, 2.45) is 0 Å². The molecule has 0 aliphatic rings. The number of fused-ring (bicyclic) bond motifs is 1. The molecule has 0 atom stereocenters. The monoisotopic (exact) mass is 404 g/mol. The van der Waals surface area contributed by atoms with Crippen molar-refractivity contribution in [1.82, 2.24) is 10.0 Å². The topological polar surface area (TPSA) is 102 Å². The average molecular weight is 404 g/mol. The number of halogens is 3. The van der Waals surface area contributed by atoms with Gasteiger partial charge in [0.25, 0.3) is 5.91 Å². The Morgan fingerprint density at radius 2 is 1.70 bits per heavy atom. The highest BCUT2D eigenvalue weighted by Crippen LogP contribution is 2.18. The minimum absolute atomic E-state index is 0.0723. The molecule has 146 valence electrons. The second-order valence-electron chi connectivity index (χ2n) is 5.39. The highest BCUT2D eigenvalue weighted by Gasteiger charge is 2.27. The smallest absolute Gasteiger partial charge is 0.405 e. The fraction of sp³-hybridized carbons (Fsp3) is 0.250. The van der Waals surface area contributed by atoms with E-state index in [0.717, 1.165) is 5.39 Å². The lowest BCUT2D eigenvalue weighted by Gasteiger charge is -2.10. The molecule has 2 aromatic rings. The largest absolute Gasteiger partial charge is 0.455 e. The van der Waals surface area contributed by atoms with E-state index >= 15 is 0 Å². The van der Waals surface area contributed by atoms with E-state index < -0.39 is 47.8 Å². The third-order valence-corrected chi connectivity index (χ3v) is 4.69. The van der Waals surface area contributed by atoms with Gasteiger partial charge in [-0.05, 0) is 22.9 Å². The molecule has 27 heavy (non-hydrogen) atoms. The molecule has 7 nitrogen and oxygen atoms in total. The molecule has 11 heteroatoms. The van der Waals surface area contributed by atoms with Crippen LogP contribution in [-0.4, -0.2) is 46.2 Å². The summed E-state index contributed by atoms with van der Waals surface area (Å²) < 4.78 is 66.6. The van der Waals surface area contributed by atoms with E-state index in [2.05, 4.69) is 4.74 Å². The predicted octanol–water partition coefficient (Wildman–Crippen LogP) is 1.34. The zero-order valence-electron chi connectivity index (χ0n) is 13.7. The van der Waals surface area contributed by atoms with E-state index in [9.17, 15) is 31.2 Å². The number of rotatable bonds is 7. The normalized spacial score (nSPS) is 12.0. The Morgan fingerprint density at radius 1 is 1.04 bits per heavy atom. The number of nitrogens with one attached hydrogen (secondary N) is 2. The van der Waals surface area contributed by atoms with Crippen LogP contribution in [0.4, 0.5) is 13.2 Å². The van der Waals surface area contributed by atoms with Crippen LogP contribution in [-0.2, 0) is 24.3 Å². The quantitative estimate of drug-likeness (QED) is 0.679. The molecule has 0 saturated heterocycles. The van der Waals surface area contributed by atoms with Gasteiger partial charge in [-0.1, -0.05) is 30.3 Å². The van der Waals surface area contributed by atoms with Crippen LogP contribution < -0.4 is 10.0 Å². The maximum Gasteiger partial charge on any atom is 0.405 e. The number of benzene rings is 2. The van der Waals surface area contributed by atoms with Crippen LogP contribution in [0.1, 0.15) is 0 Å². The molecule has 0 spiro atoms. The Hall–Kier alpha value is -2.66. The molecule has 0 aliphatic heterocycles. The lowest BCUT2D eigenvalue weighted by molar-refractivity contribution is -0.150. The van der Waals surface area contributed by atoms with E-state index in [1.807, 2.05) is 4.72 Å². The van der Waals surface area contributed by atoms with E-state index in [0.29, 0.717) is 5.39 Å². The standard InChI is InChI=1S/C16H15F3N2O5S/c17-16(18,19)10-20-14(22)9-26-15(23)8-21-27(24,25)13-6-5-11-3-1-2-4-12(11)7-13/h1-7,21H,8-10H2,(H,20,22). The maximum absolute atomic E-state index is 12.2. The van der Waals surface area contributed by atoms with E-state index in [4.69, 9.17) is 0 Å². The van der Waals surface area contributed by atoms with Gasteiger partial charge < -0.3 is 10.1 Å². The minimum atomic E-state index is -4.59. The summed E-state index contributed by atoms with van der Waals surface area (Å²) in [6.45, 7) is -3.29. The summed E-state index contributed by atoms with van der Waals surface area (Å²) in [4.78, 5) is 22.5. The second kappa shape index (κ2) is 8.35. The number of hydrogen-bond donors (Lipinski definition) is 2. The molecule has 0 heterocycles. The van der Waals surface area contributed by atoms with Crippen LogP contribution in [0.5, 0.6) is 0 Å². The first-order chi connectivity index (χ1) is 12.6.